The van der Waals surface area contributed by atoms with Gasteiger partial charge in [-0.25, -0.2) is 14.4 Å². The molecule has 1 saturated heterocycles. The van der Waals surface area contributed by atoms with Gasteiger partial charge in [0.05, 0.1) is 16.5 Å². The highest BCUT2D eigenvalue weighted by Gasteiger charge is 2.49. The molecule has 4 aromatic carbocycles. The summed E-state index contributed by atoms with van der Waals surface area (Å²) in [5.41, 5.74) is 5.37. The fourth-order valence-corrected chi connectivity index (χ4v) is 9.60. The second-order valence-corrected chi connectivity index (χ2v) is 18.8. The number of unbranched alkanes of at least 4 members (excludes halogenated alkanes) is 1. The van der Waals surface area contributed by atoms with Crippen LogP contribution < -0.4 is 20.4 Å². The molecule has 0 unspecified atom stereocenters. The van der Waals surface area contributed by atoms with E-state index in [0.717, 1.165) is 78.9 Å². The van der Waals surface area contributed by atoms with Crippen LogP contribution in [-0.2, 0) is 25.7 Å². The second kappa shape index (κ2) is 25.8. The lowest BCUT2D eigenvalue weighted by Gasteiger charge is -2.54. The molecular formula is C50H56F6N6O11S. The van der Waals surface area contributed by atoms with Gasteiger partial charge in [-0.1, -0.05) is 78.1 Å². The van der Waals surface area contributed by atoms with Crippen LogP contribution in [-0.4, -0.2) is 128 Å². The Hall–Kier alpha value is -7.02. The monoisotopic (exact) mass is 1060 g/mol. The fraction of sp³-hybridized carbons (Fsp3) is 0.400. The Morgan fingerprint density at radius 2 is 1.42 bits per heavy atom. The van der Waals surface area contributed by atoms with E-state index in [9.17, 15) is 60.8 Å². The quantitative estimate of drug-likeness (QED) is 0.0322. The van der Waals surface area contributed by atoms with Crippen molar-refractivity contribution in [2.24, 2.45) is 5.41 Å². The topological polar surface area (TPSA) is 253 Å². The lowest BCUT2D eigenvalue weighted by Crippen LogP contribution is -2.56. The van der Waals surface area contributed by atoms with E-state index in [1.54, 1.807) is 15.9 Å². The number of carbonyl (C=O) groups excluding carboxylic acids is 2. The number of carbonyl (C=O) groups is 5. The minimum atomic E-state index is -5.08. The number of carboxylic acid groups (broad SMARTS) is 3. The number of hydrogen-bond acceptors (Lipinski definition) is 11. The van der Waals surface area contributed by atoms with Crippen molar-refractivity contribution in [3.63, 3.8) is 0 Å². The molecule has 1 spiro atoms. The first-order valence-corrected chi connectivity index (χ1v) is 24.0. The van der Waals surface area contributed by atoms with Crippen molar-refractivity contribution in [3.05, 3.63) is 112 Å². The number of carboxylic acids is 2. The maximum Gasteiger partial charge on any atom is 0.490 e. The maximum atomic E-state index is 13.0. The molecule has 0 bridgehead atoms. The molecule has 1 aliphatic carbocycles. The molecule has 2 aliphatic rings. The molecule has 1 aliphatic heterocycles. The normalized spacial score (nSPS) is 14.9. The SMILES string of the molecule is CN(CCCCC(=O)Nc1ccc(CNC[C@H](O)c2ccc(O)c3[nH]c(=O)sc23)cc1)C(=O)CCN1CCC2(CC1)CC(N(C(=O)O)c1ccccc1-c1ccccc1)C2.O=C(O)C(F)(F)F.O=C(O)C(F)(F)F. The maximum absolute atomic E-state index is 13.0. The van der Waals surface area contributed by atoms with Crippen molar-refractivity contribution in [3.8, 4) is 16.9 Å². The van der Waals surface area contributed by atoms with E-state index in [1.165, 1.54) is 6.07 Å². The van der Waals surface area contributed by atoms with Crippen LogP contribution in [0.5, 0.6) is 5.75 Å². The zero-order valence-corrected chi connectivity index (χ0v) is 40.7. The van der Waals surface area contributed by atoms with E-state index in [0.29, 0.717) is 60.4 Å². The number of nitrogens with one attached hydrogen (secondary N) is 3. The van der Waals surface area contributed by atoms with Gasteiger partial charge in [-0.2, -0.15) is 26.3 Å². The molecule has 8 N–H and O–H groups in total. The van der Waals surface area contributed by atoms with Crippen LogP contribution in [0, 0.1) is 5.41 Å². The fourth-order valence-electron chi connectivity index (χ4n) is 8.68. The van der Waals surface area contributed by atoms with Gasteiger partial charge in [-0.05, 0) is 92.4 Å². The number of aliphatic hydroxyl groups excluding tert-OH is 1. The Kier molecular flexibility index (Phi) is 20.2. The number of hydrogen-bond donors (Lipinski definition) is 8. The van der Waals surface area contributed by atoms with Crippen LogP contribution in [0.3, 0.4) is 0 Å². The predicted molar refractivity (Wildman–Crippen MR) is 263 cm³/mol. The standard InChI is InChI=1S/C46H54N6O7S.2C2HF3O2/c1-50(23-8-7-13-40(55)48-33-16-14-31(15-17-33)29-47-30-39(54)36-18-19-38(53)42-43(36)60-44(57)49-42)41(56)20-24-51-25-21-46(22-26-51)27-34(28-46)52(45(58)59)37-12-6-5-11-35(37)32-9-3-2-4-10-32;2*3-2(4,5)1(6)7/h2-6,9-12,14-19,34,39,47,53-54H,7-8,13,20-30H2,1H3,(H,48,55)(H,49,57)(H,58,59);2*(H,6,7)/t39-;;/m0../s1. The number of aromatic nitrogens is 1. The Morgan fingerprint density at radius 3 is 2.01 bits per heavy atom. The summed E-state index contributed by atoms with van der Waals surface area (Å²) in [7, 11) is 1.82. The van der Waals surface area contributed by atoms with Crippen LogP contribution in [0.15, 0.2) is 95.8 Å². The van der Waals surface area contributed by atoms with Crippen molar-refractivity contribution in [2.45, 2.75) is 82.4 Å². The molecule has 1 atom stereocenters. The van der Waals surface area contributed by atoms with Gasteiger partial charge in [0.15, 0.2) is 0 Å². The molecule has 17 nitrogen and oxygen atoms in total. The molecule has 74 heavy (non-hydrogen) atoms. The Bertz CT molecular complexity index is 2730. The van der Waals surface area contributed by atoms with Crippen molar-refractivity contribution in [1.29, 1.82) is 0 Å². The smallest absolute Gasteiger partial charge is 0.490 e. The van der Waals surface area contributed by atoms with Crippen LogP contribution in [0.25, 0.3) is 21.3 Å². The van der Waals surface area contributed by atoms with Crippen LogP contribution in [0.2, 0.25) is 0 Å². The number of phenolic OH excluding ortho intramolecular Hbond substituents is 1. The van der Waals surface area contributed by atoms with E-state index in [1.807, 2.05) is 85.9 Å². The van der Waals surface area contributed by atoms with Crippen molar-refractivity contribution >= 4 is 62.8 Å². The second-order valence-electron chi connectivity index (χ2n) is 17.9. The molecule has 2 fully saturated rings. The average molecular weight is 1060 g/mol. The summed E-state index contributed by atoms with van der Waals surface area (Å²) in [4.78, 5) is 75.8. The number of thiazole rings is 1. The third kappa shape index (κ3) is 16.5. The van der Waals surface area contributed by atoms with Crippen molar-refractivity contribution in [2.75, 3.05) is 50.0 Å². The third-order valence-corrected chi connectivity index (χ3v) is 13.6. The van der Waals surface area contributed by atoms with Gasteiger partial charge in [0, 0.05) is 68.9 Å². The highest BCUT2D eigenvalue weighted by molar-refractivity contribution is 7.16. The molecule has 1 saturated carbocycles. The van der Waals surface area contributed by atoms with Gasteiger partial charge in [0.2, 0.25) is 11.8 Å². The summed E-state index contributed by atoms with van der Waals surface area (Å²) >= 11 is 0.952. The summed E-state index contributed by atoms with van der Waals surface area (Å²) in [6.07, 6.45) is -6.07. The van der Waals surface area contributed by atoms with Gasteiger partial charge in [-0.15, -0.1) is 0 Å². The molecule has 5 aromatic rings. The minimum Gasteiger partial charge on any atom is -0.506 e. The summed E-state index contributed by atoms with van der Waals surface area (Å²) in [6.45, 7) is 3.84. The first-order valence-electron chi connectivity index (χ1n) is 23.2. The average Bonchev–Trinajstić information content (AvgIpc) is 3.74. The lowest BCUT2D eigenvalue weighted by atomic mass is 9.60. The van der Waals surface area contributed by atoms with Crippen LogP contribution in [0.1, 0.15) is 68.6 Å². The molecule has 2 heterocycles. The number of halogens is 6. The van der Waals surface area contributed by atoms with E-state index in [4.69, 9.17) is 19.8 Å². The van der Waals surface area contributed by atoms with E-state index >= 15 is 0 Å². The molecular weight excluding hydrogens is 1010 g/mol. The number of benzene rings is 4. The van der Waals surface area contributed by atoms with Gasteiger partial charge in [0.1, 0.15) is 11.3 Å². The number of rotatable bonds is 17. The number of aromatic amines is 1. The third-order valence-electron chi connectivity index (χ3n) is 12.6. The number of piperidine rings is 1. The van der Waals surface area contributed by atoms with Crippen LogP contribution >= 0.6 is 11.3 Å². The molecule has 3 amide bonds. The number of likely N-dealkylation sites (tertiary alicyclic amines) is 1. The van der Waals surface area contributed by atoms with Crippen molar-refractivity contribution < 1.29 is 75.8 Å². The first kappa shape index (κ1) is 57.9. The van der Waals surface area contributed by atoms with Gasteiger partial charge in [0.25, 0.3) is 0 Å². The molecule has 0 radical (unpaired) electrons. The first-order chi connectivity index (χ1) is 34.9. The number of para-hydroxylation sites is 1. The minimum absolute atomic E-state index is 0.0329. The Balaban J connectivity index is 0.000000636. The highest BCUT2D eigenvalue weighted by Crippen LogP contribution is 2.52. The number of nitrogens with zero attached hydrogens (tertiary/aromatic N) is 3. The number of amides is 3. The number of aliphatic carboxylic acids is 2. The number of fused-ring (bicyclic) bond motifs is 1. The predicted octanol–water partition coefficient (Wildman–Crippen LogP) is 8.44. The molecule has 1 aromatic heterocycles. The summed E-state index contributed by atoms with van der Waals surface area (Å²) < 4.78 is 64.0. The van der Waals surface area contributed by atoms with Gasteiger partial charge in [-0.3, -0.25) is 19.3 Å². The molecule has 7 rings (SSSR count). The number of alkyl halides is 6. The largest absolute Gasteiger partial charge is 0.506 e. The molecule has 400 valence electrons. The highest BCUT2D eigenvalue weighted by atomic mass is 32.1. The van der Waals surface area contributed by atoms with Gasteiger partial charge < -0.3 is 51.0 Å². The van der Waals surface area contributed by atoms with Gasteiger partial charge >= 0.3 is 35.3 Å². The number of aliphatic hydroxyl groups is 1. The van der Waals surface area contributed by atoms with E-state index in [2.05, 4.69) is 20.5 Å². The van der Waals surface area contributed by atoms with E-state index < -0.39 is 36.5 Å². The zero-order valence-electron chi connectivity index (χ0n) is 39.9. The Morgan fingerprint density at radius 1 is 0.824 bits per heavy atom. The number of phenols is 1. The zero-order chi connectivity index (χ0) is 54.4. The summed E-state index contributed by atoms with van der Waals surface area (Å²) in [5.74, 6) is -5.54. The Labute approximate surface area is 424 Å². The number of H-pyrrole nitrogens is 1. The lowest BCUT2D eigenvalue weighted by molar-refractivity contribution is -0.193. The number of anilines is 2. The number of aromatic hydroxyl groups is 1. The van der Waals surface area contributed by atoms with E-state index in [-0.39, 0.29) is 40.4 Å². The van der Waals surface area contributed by atoms with Crippen LogP contribution in [0.4, 0.5) is 42.5 Å². The summed E-state index contributed by atoms with van der Waals surface area (Å²) in [6, 6.07) is 28.2. The van der Waals surface area contributed by atoms with Crippen molar-refractivity contribution in [1.82, 2.24) is 20.1 Å². The molecule has 24 heteroatoms. The summed E-state index contributed by atoms with van der Waals surface area (Å²) in [5, 5.41) is 51.4.